The Bertz CT molecular complexity index is 1150. The number of aryl methyl sites for hydroxylation is 2. The van der Waals surface area contributed by atoms with Gasteiger partial charge in [0.25, 0.3) is 0 Å². The van der Waals surface area contributed by atoms with Gasteiger partial charge in [-0.05, 0) is 56.9 Å². The summed E-state index contributed by atoms with van der Waals surface area (Å²) in [5.41, 5.74) is 2.89. The summed E-state index contributed by atoms with van der Waals surface area (Å²) >= 11 is 6.14. The van der Waals surface area contributed by atoms with Crippen LogP contribution in [-0.4, -0.2) is 50.0 Å². The highest BCUT2D eigenvalue weighted by Gasteiger charge is 2.32. The van der Waals surface area contributed by atoms with Crippen molar-refractivity contribution in [2.75, 3.05) is 17.1 Å². The number of hydrogen-bond acceptors (Lipinski definition) is 4. The van der Waals surface area contributed by atoms with E-state index >= 15 is 0 Å². The maximum absolute atomic E-state index is 13.7. The van der Waals surface area contributed by atoms with Gasteiger partial charge in [0.2, 0.25) is 21.8 Å². The summed E-state index contributed by atoms with van der Waals surface area (Å²) in [6.07, 6.45) is 2.19. The Kier molecular flexibility index (Phi) is 10.2. The minimum atomic E-state index is -3.81. The van der Waals surface area contributed by atoms with Gasteiger partial charge in [0.15, 0.2) is 0 Å². The molecule has 192 valence electrons. The Morgan fingerprint density at radius 3 is 2.31 bits per heavy atom. The minimum absolute atomic E-state index is 0.0471. The zero-order valence-corrected chi connectivity index (χ0v) is 22.9. The van der Waals surface area contributed by atoms with Gasteiger partial charge in [-0.3, -0.25) is 13.9 Å². The molecule has 2 aromatic carbocycles. The first-order chi connectivity index (χ1) is 16.4. The molecule has 9 heteroatoms. The zero-order chi connectivity index (χ0) is 26.3. The second kappa shape index (κ2) is 12.4. The number of carbonyl (C=O) groups is 2. The maximum atomic E-state index is 13.7. The summed E-state index contributed by atoms with van der Waals surface area (Å²) in [4.78, 5) is 28.3. The molecule has 0 aliphatic rings. The molecule has 0 aromatic heterocycles. The fourth-order valence-electron chi connectivity index (χ4n) is 3.81. The van der Waals surface area contributed by atoms with Gasteiger partial charge in [0, 0.05) is 17.6 Å². The third-order valence-electron chi connectivity index (χ3n) is 5.94. The topological polar surface area (TPSA) is 86.8 Å². The summed E-state index contributed by atoms with van der Waals surface area (Å²) in [6.45, 7) is 9.16. The number of nitrogens with zero attached hydrogens (tertiary/aromatic N) is 2. The van der Waals surface area contributed by atoms with E-state index in [2.05, 4.69) is 5.32 Å². The largest absolute Gasteiger partial charge is 0.352 e. The van der Waals surface area contributed by atoms with Crippen LogP contribution in [0.3, 0.4) is 0 Å². The molecule has 2 atom stereocenters. The number of halogens is 1. The van der Waals surface area contributed by atoms with Crippen molar-refractivity contribution in [2.45, 2.75) is 66.1 Å². The number of carbonyl (C=O) groups excluding carboxylic acids is 2. The van der Waals surface area contributed by atoms with Gasteiger partial charge in [-0.1, -0.05) is 61.3 Å². The molecule has 2 aromatic rings. The number of nitrogens with one attached hydrogen (secondary N) is 1. The number of amides is 2. The lowest BCUT2D eigenvalue weighted by Crippen LogP contribution is -2.53. The van der Waals surface area contributed by atoms with E-state index in [1.54, 1.807) is 19.1 Å². The average Bonchev–Trinajstić information content (AvgIpc) is 2.78. The van der Waals surface area contributed by atoms with Gasteiger partial charge in [0.1, 0.15) is 12.6 Å². The van der Waals surface area contributed by atoms with Crippen LogP contribution in [0, 0.1) is 13.8 Å². The number of hydrogen-bond donors (Lipinski definition) is 1. The van der Waals surface area contributed by atoms with E-state index in [1.807, 2.05) is 52.0 Å². The second-order valence-corrected chi connectivity index (χ2v) is 11.3. The fraction of sp³-hybridized carbons (Fsp3) is 0.462. The number of benzene rings is 2. The smallest absolute Gasteiger partial charge is 0.244 e. The third kappa shape index (κ3) is 7.97. The first-order valence-electron chi connectivity index (χ1n) is 11.8. The highest BCUT2D eigenvalue weighted by atomic mass is 35.5. The van der Waals surface area contributed by atoms with Gasteiger partial charge in [-0.25, -0.2) is 8.42 Å². The molecule has 0 saturated carbocycles. The van der Waals surface area contributed by atoms with Crippen molar-refractivity contribution in [3.05, 3.63) is 64.2 Å². The molecule has 35 heavy (non-hydrogen) atoms. The van der Waals surface area contributed by atoms with Gasteiger partial charge < -0.3 is 10.2 Å². The van der Waals surface area contributed by atoms with Gasteiger partial charge in [0.05, 0.1) is 11.9 Å². The molecule has 0 radical (unpaired) electrons. The molecule has 0 aliphatic carbocycles. The van der Waals surface area contributed by atoms with E-state index in [0.717, 1.165) is 28.1 Å². The summed E-state index contributed by atoms with van der Waals surface area (Å²) in [7, 11) is -3.81. The van der Waals surface area contributed by atoms with E-state index in [4.69, 9.17) is 11.6 Å². The highest BCUT2D eigenvalue weighted by Crippen LogP contribution is 2.27. The van der Waals surface area contributed by atoms with Crippen LogP contribution in [0.1, 0.15) is 50.3 Å². The highest BCUT2D eigenvalue weighted by molar-refractivity contribution is 7.92. The molecule has 2 unspecified atom stereocenters. The van der Waals surface area contributed by atoms with E-state index in [9.17, 15) is 18.0 Å². The first-order valence-corrected chi connectivity index (χ1v) is 14.0. The van der Waals surface area contributed by atoms with Crippen LogP contribution in [0.4, 0.5) is 5.69 Å². The second-order valence-electron chi connectivity index (χ2n) is 8.95. The van der Waals surface area contributed by atoms with Crippen molar-refractivity contribution >= 4 is 39.1 Å². The van der Waals surface area contributed by atoms with Crippen molar-refractivity contribution in [2.24, 2.45) is 0 Å². The lowest BCUT2D eigenvalue weighted by molar-refractivity contribution is -0.140. The molecule has 0 aliphatic heterocycles. The van der Waals surface area contributed by atoms with Crippen LogP contribution in [0.15, 0.2) is 42.5 Å². The third-order valence-corrected chi connectivity index (χ3v) is 7.30. The predicted octanol–water partition coefficient (Wildman–Crippen LogP) is 4.44. The lowest BCUT2D eigenvalue weighted by atomic mass is 10.1. The zero-order valence-electron chi connectivity index (χ0n) is 21.3. The number of sulfonamides is 1. The van der Waals surface area contributed by atoms with Crippen LogP contribution < -0.4 is 9.62 Å². The molecule has 0 heterocycles. The SMILES string of the molecule is CCC(C)NC(=O)C(CC)N(Cc1cccc(C)c1)C(=O)CN(c1cc(Cl)ccc1C)S(C)(=O)=O. The molecular weight excluding hydrogens is 486 g/mol. The van der Waals surface area contributed by atoms with Crippen molar-refractivity contribution < 1.29 is 18.0 Å². The van der Waals surface area contributed by atoms with E-state index in [1.165, 1.54) is 11.0 Å². The normalized spacial score (nSPS) is 13.1. The van der Waals surface area contributed by atoms with Crippen LogP contribution in [-0.2, 0) is 26.2 Å². The van der Waals surface area contributed by atoms with E-state index in [-0.39, 0.29) is 18.5 Å². The fourth-order valence-corrected chi connectivity index (χ4v) is 4.88. The van der Waals surface area contributed by atoms with E-state index < -0.39 is 28.5 Å². The molecule has 2 amide bonds. The standard InChI is InChI=1S/C26H36ClN3O4S/c1-7-20(5)28-26(32)23(8-2)29(16-21-11-9-10-18(3)14-21)25(31)17-30(35(6,33)34)24-15-22(27)13-12-19(24)4/h9-15,20,23H,7-8,16-17H2,1-6H3,(H,28,32). The van der Waals surface area contributed by atoms with Gasteiger partial charge >= 0.3 is 0 Å². The summed E-state index contributed by atoms with van der Waals surface area (Å²) < 4.78 is 26.5. The monoisotopic (exact) mass is 521 g/mol. The van der Waals surface area contributed by atoms with Crippen LogP contribution in [0.5, 0.6) is 0 Å². The number of anilines is 1. The summed E-state index contributed by atoms with van der Waals surface area (Å²) in [5.74, 6) is -0.727. The number of rotatable bonds is 11. The molecule has 1 N–H and O–H groups in total. The Labute approximate surface area is 214 Å². The Morgan fingerprint density at radius 2 is 1.74 bits per heavy atom. The molecule has 0 fully saturated rings. The molecule has 0 spiro atoms. The predicted molar refractivity (Wildman–Crippen MR) is 142 cm³/mol. The molecule has 7 nitrogen and oxygen atoms in total. The molecule has 0 bridgehead atoms. The first kappa shape index (κ1) is 28.7. The lowest BCUT2D eigenvalue weighted by Gasteiger charge is -2.33. The minimum Gasteiger partial charge on any atom is -0.352 e. The quantitative estimate of drug-likeness (QED) is 0.473. The molecule has 0 saturated heterocycles. The maximum Gasteiger partial charge on any atom is 0.244 e. The van der Waals surface area contributed by atoms with Gasteiger partial charge in [-0.2, -0.15) is 0 Å². The van der Waals surface area contributed by atoms with Crippen LogP contribution >= 0.6 is 11.6 Å². The molecular formula is C26H36ClN3O4S. The summed E-state index contributed by atoms with van der Waals surface area (Å²) in [6, 6.07) is 11.8. The summed E-state index contributed by atoms with van der Waals surface area (Å²) in [5, 5.41) is 3.33. The van der Waals surface area contributed by atoms with Crippen molar-refractivity contribution in [3.63, 3.8) is 0 Å². The average molecular weight is 522 g/mol. The van der Waals surface area contributed by atoms with Crippen molar-refractivity contribution in [1.82, 2.24) is 10.2 Å². The van der Waals surface area contributed by atoms with Gasteiger partial charge in [-0.15, -0.1) is 0 Å². The van der Waals surface area contributed by atoms with Crippen LogP contribution in [0.25, 0.3) is 0 Å². The van der Waals surface area contributed by atoms with Crippen molar-refractivity contribution in [3.8, 4) is 0 Å². The van der Waals surface area contributed by atoms with Crippen molar-refractivity contribution in [1.29, 1.82) is 0 Å². The molecule has 2 rings (SSSR count). The Balaban J connectivity index is 2.49. The Morgan fingerprint density at radius 1 is 1.06 bits per heavy atom. The van der Waals surface area contributed by atoms with E-state index in [0.29, 0.717) is 22.7 Å². The van der Waals surface area contributed by atoms with Crippen LogP contribution in [0.2, 0.25) is 5.02 Å². The Hall–Kier alpha value is -2.58.